The van der Waals surface area contributed by atoms with Crippen LogP contribution in [0.1, 0.15) is 18.1 Å². The molecule has 4 aromatic heterocycles. The molecule has 1 aliphatic rings. The molecule has 38 heavy (non-hydrogen) atoms. The van der Waals surface area contributed by atoms with E-state index in [1.54, 1.807) is 12.3 Å². The number of halogens is 1. The van der Waals surface area contributed by atoms with Crippen molar-refractivity contribution in [2.24, 2.45) is 0 Å². The summed E-state index contributed by atoms with van der Waals surface area (Å²) in [6, 6.07) is 9.93. The van der Waals surface area contributed by atoms with Gasteiger partial charge in [-0.05, 0) is 79.7 Å². The molecule has 4 N–H and O–H groups in total. The van der Waals surface area contributed by atoms with E-state index in [0.29, 0.717) is 11.2 Å². The van der Waals surface area contributed by atoms with Crippen molar-refractivity contribution < 1.29 is 9.50 Å². The van der Waals surface area contributed by atoms with E-state index in [1.165, 1.54) is 6.07 Å². The van der Waals surface area contributed by atoms with Gasteiger partial charge in [0.25, 0.3) is 0 Å². The highest BCUT2D eigenvalue weighted by Gasteiger charge is 2.16. The molecule has 8 nitrogen and oxygen atoms in total. The first-order chi connectivity index (χ1) is 18.4. The number of hydrogen-bond acceptors (Lipinski definition) is 6. The predicted octanol–water partition coefficient (Wildman–Crippen LogP) is 3.47. The molecule has 0 unspecified atom stereocenters. The van der Waals surface area contributed by atoms with Crippen LogP contribution in [0.2, 0.25) is 0 Å². The molecule has 0 fully saturated rings. The minimum atomic E-state index is -0.505. The van der Waals surface area contributed by atoms with E-state index in [9.17, 15) is 9.50 Å². The smallest absolute Gasteiger partial charge is 0.138 e. The Morgan fingerprint density at radius 3 is 2.74 bits per heavy atom. The first kappa shape index (κ1) is 23.6. The number of hydrogen-bond donors (Lipinski definition) is 4. The second-order valence-electron chi connectivity index (χ2n) is 9.70. The maximum Gasteiger partial charge on any atom is 0.138 e. The summed E-state index contributed by atoms with van der Waals surface area (Å²) in [6.07, 6.45) is 9.47. The molecule has 0 aliphatic carbocycles. The lowest BCUT2D eigenvalue weighted by atomic mass is 10.0. The Morgan fingerprint density at radius 2 is 1.92 bits per heavy atom. The topological polar surface area (TPSA) is 106 Å². The Morgan fingerprint density at radius 1 is 1.05 bits per heavy atom. The van der Waals surface area contributed by atoms with Crippen LogP contribution in [0.25, 0.3) is 50.9 Å². The molecule has 5 aromatic rings. The second-order valence-corrected chi connectivity index (χ2v) is 9.70. The van der Waals surface area contributed by atoms with Crippen molar-refractivity contribution in [3.05, 3.63) is 88.7 Å². The van der Waals surface area contributed by atoms with Gasteiger partial charge in [-0.15, -0.1) is 0 Å². The molecule has 9 heteroatoms. The number of pyridine rings is 2. The monoisotopic (exact) mass is 507 g/mol. The number of benzene rings is 1. The average Bonchev–Trinajstić information content (AvgIpc) is 3.45. The molecule has 0 bridgehead atoms. The van der Waals surface area contributed by atoms with E-state index in [-0.39, 0.29) is 5.75 Å². The maximum absolute atomic E-state index is 14.0. The van der Waals surface area contributed by atoms with Gasteiger partial charge in [0.1, 0.15) is 22.9 Å². The number of H-pyrrole nitrogens is 2. The van der Waals surface area contributed by atoms with Crippen LogP contribution in [0.15, 0.2) is 61.2 Å². The lowest BCUT2D eigenvalue weighted by Crippen LogP contribution is -2.28. The molecule has 5 heterocycles. The summed E-state index contributed by atoms with van der Waals surface area (Å²) in [4.78, 5) is 14.4. The summed E-state index contributed by atoms with van der Waals surface area (Å²) in [7, 11) is 4.07. The Balaban J connectivity index is 1.49. The minimum Gasteiger partial charge on any atom is -0.508 e. The van der Waals surface area contributed by atoms with Crippen LogP contribution >= 0.6 is 0 Å². The number of aromatic nitrogens is 5. The number of nitrogens with one attached hydrogen (secondary N) is 3. The molecule has 0 saturated heterocycles. The van der Waals surface area contributed by atoms with Gasteiger partial charge in [0.05, 0.1) is 11.0 Å². The summed E-state index contributed by atoms with van der Waals surface area (Å²) in [5.41, 5.74) is 7.50. The normalized spacial score (nSPS) is 13.2. The number of phenolic OH excluding ortho intramolecular Hbond substituents is 1. The highest BCUT2D eigenvalue weighted by atomic mass is 19.1. The average molecular weight is 508 g/mol. The molecule has 0 spiro atoms. The van der Waals surface area contributed by atoms with E-state index in [4.69, 9.17) is 0 Å². The summed E-state index contributed by atoms with van der Waals surface area (Å²) >= 11 is 0. The molecule has 0 amide bonds. The zero-order valence-corrected chi connectivity index (χ0v) is 21.2. The molecule has 6 rings (SSSR count). The van der Waals surface area contributed by atoms with Gasteiger partial charge in [0.2, 0.25) is 0 Å². The van der Waals surface area contributed by atoms with E-state index >= 15 is 0 Å². The molecule has 0 saturated carbocycles. The van der Waals surface area contributed by atoms with Crippen molar-refractivity contribution in [3.8, 4) is 28.3 Å². The van der Waals surface area contributed by atoms with Crippen LogP contribution in [-0.4, -0.2) is 49.3 Å². The Hall–Kier alpha value is -4.76. The number of nitrogens with zero attached hydrogens (tertiary/aromatic N) is 4. The molecule has 1 aromatic carbocycles. The lowest BCUT2D eigenvalue weighted by molar-refractivity contribution is 0.402. The maximum atomic E-state index is 14.0. The largest absolute Gasteiger partial charge is 0.508 e. The van der Waals surface area contributed by atoms with Crippen LogP contribution in [0.3, 0.4) is 0 Å². The van der Waals surface area contributed by atoms with E-state index in [0.717, 1.165) is 67.9 Å². The predicted molar refractivity (Wildman–Crippen MR) is 146 cm³/mol. The summed E-state index contributed by atoms with van der Waals surface area (Å²) in [6.45, 7) is 2.79. The Bertz CT molecular complexity index is 1830. The fourth-order valence-electron chi connectivity index (χ4n) is 4.84. The quantitative estimate of drug-likeness (QED) is 0.290. The van der Waals surface area contributed by atoms with Crippen molar-refractivity contribution in [2.75, 3.05) is 14.1 Å². The summed E-state index contributed by atoms with van der Waals surface area (Å²) in [5.74, 6) is -0.634. The number of allylic oxidation sites excluding steroid dienone is 1. The molecule has 1 aliphatic heterocycles. The van der Waals surface area contributed by atoms with Gasteiger partial charge in [-0.3, -0.25) is 10.1 Å². The van der Waals surface area contributed by atoms with Crippen LogP contribution in [0, 0.1) is 5.82 Å². The first-order valence-corrected chi connectivity index (χ1v) is 12.2. The number of phenols is 1. The van der Waals surface area contributed by atoms with Gasteiger partial charge in [-0.1, -0.05) is 0 Å². The number of rotatable bonds is 5. The van der Waals surface area contributed by atoms with Gasteiger partial charge >= 0.3 is 0 Å². The fraction of sp³-hybridized carbons (Fsp3) is 0.138. The van der Waals surface area contributed by atoms with Gasteiger partial charge < -0.3 is 20.3 Å². The van der Waals surface area contributed by atoms with Crippen molar-refractivity contribution in [1.82, 2.24) is 35.4 Å². The van der Waals surface area contributed by atoms with Gasteiger partial charge in [0.15, 0.2) is 0 Å². The van der Waals surface area contributed by atoms with E-state index < -0.39 is 5.82 Å². The van der Waals surface area contributed by atoms with Crippen molar-refractivity contribution in [1.29, 1.82) is 0 Å². The third-order valence-corrected chi connectivity index (χ3v) is 6.53. The van der Waals surface area contributed by atoms with Gasteiger partial charge in [-0.25, -0.2) is 9.37 Å². The summed E-state index contributed by atoms with van der Waals surface area (Å²) < 4.78 is 14.0. The molecular weight excluding hydrogens is 481 g/mol. The third kappa shape index (κ3) is 4.33. The third-order valence-electron chi connectivity index (χ3n) is 6.53. The fourth-order valence-corrected chi connectivity index (χ4v) is 4.84. The van der Waals surface area contributed by atoms with E-state index in [1.807, 2.05) is 51.7 Å². The molecule has 0 radical (unpaired) electrons. The number of aromatic hydroxyl groups is 1. The zero-order chi connectivity index (χ0) is 26.4. The van der Waals surface area contributed by atoms with Crippen LogP contribution in [-0.2, 0) is 6.54 Å². The van der Waals surface area contributed by atoms with Crippen molar-refractivity contribution in [2.45, 2.75) is 13.5 Å². The Labute approximate surface area is 217 Å². The van der Waals surface area contributed by atoms with Crippen LogP contribution in [0.5, 0.6) is 5.75 Å². The van der Waals surface area contributed by atoms with Gasteiger partial charge in [-0.2, -0.15) is 5.10 Å². The number of aromatic amines is 2. The highest BCUT2D eigenvalue weighted by molar-refractivity contribution is 5.97. The Kier molecular flexibility index (Phi) is 5.77. The zero-order valence-electron chi connectivity index (χ0n) is 21.2. The van der Waals surface area contributed by atoms with E-state index in [2.05, 4.69) is 47.5 Å². The standard InChI is InChI=1S/C29H26FN7O/c1-16-27-25(9-20(14-33-16)19-6-17(12-31-13-19)15-37(2)3)28(36-35-27)26-11-24-23(4-5-32-29(24)34-26)18-7-21(30)10-22(38)8-18/h4-14,33,35,38H,15H2,1-3H3,(H,32,34). The van der Waals surface area contributed by atoms with Crippen LogP contribution < -0.4 is 15.9 Å². The van der Waals surface area contributed by atoms with Gasteiger partial charge in [0, 0.05) is 59.3 Å². The lowest BCUT2D eigenvalue weighted by Gasteiger charge is -2.11. The molecular formula is C29H26FN7O. The van der Waals surface area contributed by atoms with Crippen molar-refractivity contribution in [3.63, 3.8) is 0 Å². The second kappa shape index (κ2) is 9.28. The highest BCUT2D eigenvalue weighted by Crippen LogP contribution is 2.32. The first-order valence-electron chi connectivity index (χ1n) is 12.2. The SMILES string of the molecule is CC1=c2[nH]nc(-c3cc4c(-c5cc(O)cc(F)c5)ccnc4[nH]3)c2=CC(c2cncc(CN(C)C)c2)=CN1. The number of fused-ring (bicyclic) bond motifs is 2. The van der Waals surface area contributed by atoms with Crippen molar-refractivity contribution >= 4 is 28.4 Å². The molecule has 190 valence electrons. The minimum absolute atomic E-state index is 0.130. The summed E-state index contributed by atoms with van der Waals surface area (Å²) in [5, 5.41) is 23.7. The molecule has 0 atom stereocenters. The van der Waals surface area contributed by atoms with Crippen LogP contribution in [0.4, 0.5) is 4.39 Å².